The molecule has 1 saturated heterocycles. The van der Waals surface area contributed by atoms with Crippen molar-refractivity contribution in [2.75, 3.05) is 6.54 Å². The predicted octanol–water partition coefficient (Wildman–Crippen LogP) is 1.76. The summed E-state index contributed by atoms with van der Waals surface area (Å²) in [6.07, 6.45) is 1.49. The number of carbonyl (C=O) groups excluding carboxylic acids is 2. The molecule has 3 atom stereocenters. The van der Waals surface area contributed by atoms with Crippen LogP contribution in [0.1, 0.15) is 25.3 Å². The molecule has 0 spiro atoms. The van der Waals surface area contributed by atoms with Gasteiger partial charge in [0, 0.05) is 24.0 Å². The maximum atomic E-state index is 12.7. The molecule has 2 aliphatic rings. The van der Waals surface area contributed by atoms with E-state index in [1.54, 1.807) is 17.0 Å². The number of fused-ring (bicyclic) bond motifs is 1. The number of likely N-dealkylation sites (tertiary alicyclic amines) is 1. The number of carbonyl (C=O) groups is 2. The van der Waals surface area contributed by atoms with Crippen molar-refractivity contribution in [3.8, 4) is 5.75 Å². The molecule has 6 heteroatoms. The van der Waals surface area contributed by atoms with Gasteiger partial charge in [-0.2, -0.15) is 0 Å². The Balaban J connectivity index is 1.73. The average molecular weight is 323 g/mol. The summed E-state index contributed by atoms with van der Waals surface area (Å²) in [5.74, 6) is 0.0233. The minimum Gasteiger partial charge on any atom is -0.480 e. The fourth-order valence-corrected chi connectivity index (χ4v) is 3.38. The van der Waals surface area contributed by atoms with E-state index in [1.807, 2.05) is 13.0 Å². The quantitative estimate of drug-likeness (QED) is 0.901. The summed E-state index contributed by atoms with van der Waals surface area (Å²) < 4.78 is 5.75. The third kappa shape index (κ3) is 2.77. The third-order valence-electron chi connectivity index (χ3n) is 4.54. The Kier molecular flexibility index (Phi) is 4.00. The Labute approximate surface area is 134 Å². The molecule has 118 valence electrons. The minimum absolute atomic E-state index is 0.0780. The largest absolute Gasteiger partial charge is 0.480 e. The van der Waals surface area contributed by atoms with Crippen LogP contribution in [-0.2, 0) is 16.0 Å². The van der Waals surface area contributed by atoms with E-state index in [0.717, 1.165) is 18.4 Å². The van der Waals surface area contributed by atoms with E-state index in [4.69, 9.17) is 22.1 Å². The molecular formula is C16H19ClN2O3. The third-order valence-corrected chi connectivity index (χ3v) is 4.78. The zero-order chi connectivity index (χ0) is 15.9. The summed E-state index contributed by atoms with van der Waals surface area (Å²) in [6.45, 7) is 2.38. The molecule has 0 saturated carbocycles. The number of hydrogen-bond acceptors (Lipinski definition) is 3. The second-order valence-corrected chi connectivity index (χ2v) is 6.52. The molecule has 2 amide bonds. The first-order valence-electron chi connectivity index (χ1n) is 7.50. The van der Waals surface area contributed by atoms with Crippen molar-refractivity contribution < 1.29 is 14.3 Å². The topological polar surface area (TPSA) is 72.6 Å². The number of nitrogens with zero attached hydrogens (tertiary/aromatic N) is 1. The Hall–Kier alpha value is -1.75. The van der Waals surface area contributed by atoms with Gasteiger partial charge in [0.25, 0.3) is 5.91 Å². The first-order chi connectivity index (χ1) is 10.5. The summed E-state index contributed by atoms with van der Waals surface area (Å²) in [4.78, 5) is 25.9. The van der Waals surface area contributed by atoms with Gasteiger partial charge in [0.05, 0.1) is 5.92 Å². The summed E-state index contributed by atoms with van der Waals surface area (Å²) in [7, 11) is 0. The number of hydrogen-bond donors (Lipinski definition) is 1. The molecule has 0 bridgehead atoms. The van der Waals surface area contributed by atoms with Gasteiger partial charge in [-0.1, -0.05) is 11.6 Å². The van der Waals surface area contributed by atoms with E-state index < -0.39 is 6.10 Å². The summed E-state index contributed by atoms with van der Waals surface area (Å²) in [6, 6.07) is 5.46. The van der Waals surface area contributed by atoms with Gasteiger partial charge < -0.3 is 15.4 Å². The molecule has 5 nitrogen and oxygen atoms in total. The van der Waals surface area contributed by atoms with Crippen molar-refractivity contribution >= 4 is 23.4 Å². The molecule has 0 aliphatic carbocycles. The number of halogens is 1. The van der Waals surface area contributed by atoms with E-state index in [0.29, 0.717) is 23.7 Å². The van der Waals surface area contributed by atoms with E-state index >= 15 is 0 Å². The van der Waals surface area contributed by atoms with Crippen LogP contribution in [0.15, 0.2) is 18.2 Å². The highest BCUT2D eigenvalue weighted by Gasteiger charge is 2.38. The fourth-order valence-electron chi connectivity index (χ4n) is 3.19. The Morgan fingerprint density at radius 3 is 2.86 bits per heavy atom. The van der Waals surface area contributed by atoms with Crippen LogP contribution in [-0.4, -0.2) is 35.4 Å². The van der Waals surface area contributed by atoms with E-state index in [9.17, 15) is 9.59 Å². The molecule has 2 heterocycles. The Morgan fingerprint density at radius 2 is 2.14 bits per heavy atom. The highest BCUT2D eigenvalue weighted by Crippen LogP contribution is 2.33. The van der Waals surface area contributed by atoms with Crippen LogP contribution in [0.25, 0.3) is 0 Å². The lowest BCUT2D eigenvalue weighted by molar-refractivity contribution is -0.143. The molecule has 0 aromatic heterocycles. The van der Waals surface area contributed by atoms with Gasteiger partial charge in [0.2, 0.25) is 5.91 Å². The zero-order valence-electron chi connectivity index (χ0n) is 12.4. The predicted molar refractivity (Wildman–Crippen MR) is 82.7 cm³/mol. The number of primary amides is 1. The second-order valence-electron chi connectivity index (χ2n) is 6.08. The van der Waals surface area contributed by atoms with E-state index in [2.05, 4.69) is 0 Å². The van der Waals surface area contributed by atoms with Crippen molar-refractivity contribution in [1.82, 2.24) is 4.90 Å². The number of amides is 2. The van der Waals surface area contributed by atoms with Crippen LogP contribution in [0.2, 0.25) is 5.02 Å². The number of benzene rings is 1. The van der Waals surface area contributed by atoms with Gasteiger partial charge in [-0.05, 0) is 43.5 Å². The number of ether oxygens (including phenoxy) is 1. The highest BCUT2D eigenvalue weighted by molar-refractivity contribution is 6.30. The number of nitrogens with two attached hydrogens (primary N) is 1. The molecule has 3 rings (SSSR count). The normalized spacial score (nSPS) is 27.2. The number of piperidine rings is 1. The van der Waals surface area contributed by atoms with Crippen LogP contribution < -0.4 is 10.5 Å². The molecular weight excluding hydrogens is 304 g/mol. The van der Waals surface area contributed by atoms with Gasteiger partial charge in [0.1, 0.15) is 5.75 Å². The molecule has 2 N–H and O–H groups in total. The molecule has 1 aromatic rings. The maximum Gasteiger partial charge on any atom is 0.264 e. The summed E-state index contributed by atoms with van der Waals surface area (Å²) in [5.41, 5.74) is 6.34. The smallest absolute Gasteiger partial charge is 0.264 e. The zero-order valence-corrected chi connectivity index (χ0v) is 13.2. The first kappa shape index (κ1) is 15.2. The van der Waals surface area contributed by atoms with Gasteiger partial charge in [-0.25, -0.2) is 0 Å². The molecule has 0 radical (unpaired) electrons. The minimum atomic E-state index is -0.539. The van der Waals surface area contributed by atoms with Crippen molar-refractivity contribution in [3.05, 3.63) is 28.8 Å². The van der Waals surface area contributed by atoms with Crippen molar-refractivity contribution in [2.45, 2.75) is 38.3 Å². The van der Waals surface area contributed by atoms with E-state index in [1.165, 1.54) is 0 Å². The van der Waals surface area contributed by atoms with Crippen molar-refractivity contribution in [2.24, 2.45) is 11.7 Å². The lowest BCUT2D eigenvalue weighted by atomic mass is 9.92. The standard InChI is InChI=1S/C16H19ClN2O3/c1-9-2-3-10(15(18)20)8-19(9)16(21)14-7-11-6-12(17)4-5-13(11)22-14/h4-6,9-10,14H,2-3,7-8H2,1H3,(H2,18,20). The molecule has 1 aromatic carbocycles. The van der Waals surface area contributed by atoms with Crippen LogP contribution in [0.3, 0.4) is 0 Å². The second kappa shape index (κ2) is 5.80. The average Bonchev–Trinajstić information content (AvgIpc) is 2.89. The van der Waals surface area contributed by atoms with Crippen LogP contribution in [0, 0.1) is 5.92 Å². The lowest BCUT2D eigenvalue weighted by Gasteiger charge is -2.38. The molecule has 2 aliphatic heterocycles. The van der Waals surface area contributed by atoms with Crippen molar-refractivity contribution in [1.29, 1.82) is 0 Å². The monoisotopic (exact) mass is 322 g/mol. The van der Waals surface area contributed by atoms with E-state index in [-0.39, 0.29) is 23.8 Å². The van der Waals surface area contributed by atoms with Crippen molar-refractivity contribution in [3.63, 3.8) is 0 Å². The van der Waals surface area contributed by atoms with Crippen LogP contribution in [0.4, 0.5) is 0 Å². The Bertz CT molecular complexity index is 619. The van der Waals surface area contributed by atoms with Crippen LogP contribution >= 0.6 is 11.6 Å². The Morgan fingerprint density at radius 1 is 1.36 bits per heavy atom. The lowest BCUT2D eigenvalue weighted by Crippen LogP contribution is -2.52. The van der Waals surface area contributed by atoms with Crippen LogP contribution in [0.5, 0.6) is 5.75 Å². The molecule has 22 heavy (non-hydrogen) atoms. The SMILES string of the molecule is CC1CCC(C(N)=O)CN1C(=O)C1Cc2cc(Cl)ccc2O1. The molecule has 3 unspecified atom stereocenters. The van der Waals surface area contributed by atoms with Gasteiger partial charge in [-0.3, -0.25) is 9.59 Å². The highest BCUT2D eigenvalue weighted by atomic mass is 35.5. The summed E-state index contributed by atoms with van der Waals surface area (Å²) >= 11 is 5.97. The van der Waals surface area contributed by atoms with Gasteiger partial charge in [0.15, 0.2) is 6.10 Å². The first-order valence-corrected chi connectivity index (χ1v) is 7.88. The maximum absolute atomic E-state index is 12.7. The summed E-state index contributed by atoms with van der Waals surface area (Å²) in [5, 5.41) is 0.635. The van der Waals surface area contributed by atoms with Gasteiger partial charge >= 0.3 is 0 Å². The number of rotatable bonds is 2. The fraction of sp³-hybridized carbons (Fsp3) is 0.500. The van der Waals surface area contributed by atoms with Gasteiger partial charge in [-0.15, -0.1) is 0 Å². The molecule has 1 fully saturated rings.